The van der Waals surface area contributed by atoms with Gasteiger partial charge in [-0.15, -0.1) is 0 Å². The van der Waals surface area contributed by atoms with Crippen molar-refractivity contribution in [2.45, 2.75) is 13.8 Å². The van der Waals surface area contributed by atoms with Gasteiger partial charge in [-0.25, -0.2) is 0 Å². The molecule has 0 N–H and O–H groups in total. The van der Waals surface area contributed by atoms with Crippen LogP contribution in [0.4, 0.5) is 0 Å². The molecular formula is C5H9O2. The Morgan fingerprint density at radius 3 is 2.14 bits per heavy atom. The van der Waals surface area contributed by atoms with Gasteiger partial charge in [-0.1, -0.05) is 0 Å². The maximum Gasteiger partial charge on any atom is 0.302 e. The Morgan fingerprint density at radius 2 is 2.14 bits per heavy atom. The van der Waals surface area contributed by atoms with Crippen LogP contribution in [0.2, 0.25) is 0 Å². The third-order valence-corrected chi connectivity index (χ3v) is 0.348. The molecule has 0 rings (SSSR count). The van der Waals surface area contributed by atoms with Gasteiger partial charge < -0.3 is 4.74 Å². The van der Waals surface area contributed by atoms with Gasteiger partial charge in [0.1, 0.15) is 0 Å². The van der Waals surface area contributed by atoms with Crippen molar-refractivity contribution < 1.29 is 9.53 Å². The summed E-state index contributed by atoms with van der Waals surface area (Å²) in [5, 5.41) is 0. The summed E-state index contributed by atoms with van der Waals surface area (Å²) < 4.78 is 4.40. The van der Waals surface area contributed by atoms with Gasteiger partial charge in [0.15, 0.2) is 0 Å². The monoisotopic (exact) mass is 101 g/mol. The summed E-state index contributed by atoms with van der Waals surface area (Å²) >= 11 is 0. The van der Waals surface area contributed by atoms with Crippen LogP contribution in [0.5, 0.6) is 0 Å². The van der Waals surface area contributed by atoms with Gasteiger partial charge in [0.2, 0.25) is 0 Å². The first-order valence-corrected chi connectivity index (χ1v) is 1.90. The lowest BCUT2D eigenvalue weighted by Crippen LogP contribution is -1.95. The SMILES string of the molecule is CCOC(C)=O.[CH]. The summed E-state index contributed by atoms with van der Waals surface area (Å²) in [7, 11) is 0. The van der Waals surface area contributed by atoms with Crippen LogP contribution in [-0.4, -0.2) is 12.6 Å². The third-order valence-electron chi connectivity index (χ3n) is 0.348. The molecule has 0 saturated heterocycles. The van der Waals surface area contributed by atoms with Gasteiger partial charge in [0.05, 0.1) is 6.61 Å². The fraction of sp³-hybridized carbons (Fsp3) is 0.600. The molecule has 41 valence electrons. The van der Waals surface area contributed by atoms with Crippen LogP contribution in [0.15, 0.2) is 0 Å². The summed E-state index contributed by atoms with van der Waals surface area (Å²) in [6.07, 6.45) is 0. The molecule has 0 aliphatic rings. The Hall–Kier alpha value is -0.530. The molecule has 2 heteroatoms. The van der Waals surface area contributed by atoms with Gasteiger partial charge >= 0.3 is 5.97 Å². The van der Waals surface area contributed by atoms with Crippen molar-refractivity contribution in [3.63, 3.8) is 0 Å². The molecule has 0 aliphatic carbocycles. The zero-order valence-corrected chi connectivity index (χ0v) is 4.60. The molecule has 0 amide bonds. The number of ether oxygens (including phenoxy) is 1. The Morgan fingerprint density at radius 1 is 1.71 bits per heavy atom. The highest BCUT2D eigenvalue weighted by Gasteiger charge is 1.81. The average molecular weight is 101 g/mol. The molecule has 0 saturated carbocycles. The van der Waals surface area contributed by atoms with Crippen LogP contribution >= 0.6 is 0 Å². The van der Waals surface area contributed by atoms with Crippen LogP contribution in [0.25, 0.3) is 0 Å². The number of carbonyl (C=O) groups is 1. The minimum Gasteiger partial charge on any atom is -0.466 e. The molecule has 0 spiro atoms. The molecular weight excluding hydrogens is 92.1 g/mol. The average Bonchev–Trinajstić information content (AvgIpc) is 1.35. The Bertz CT molecular complexity index is 50.0. The van der Waals surface area contributed by atoms with E-state index in [-0.39, 0.29) is 13.4 Å². The zero-order chi connectivity index (χ0) is 4.99. The van der Waals surface area contributed by atoms with E-state index in [0.29, 0.717) is 6.61 Å². The molecule has 7 heavy (non-hydrogen) atoms. The van der Waals surface area contributed by atoms with Crippen molar-refractivity contribution in [3.05, 3.63) is 7.43 Å². The summed E-state index contributed by atoms with van der Waals surface area (Å²) in [4.78, 5) is 9.82. The summed E-state index contributed by atoms with van der Waals surface area (Å²) in [6.45, 7) is 3.65. The van der Waals surface area contributed by atoms with Crippen molar-refractivity contribution in [3.8, 4) is 0 Å². The highest BCUT2D eigenvalue weighted by molar-refractivity contribution is 5.65. The van der Waals surface area contributed by atoms with Gasteiger partial charge in [-0.05, 0) is 14.4 Å². The molecule has 0 aliphatic heterocycles. The van der Waals surface area contributed by atoms with E-state index in [1.165, 1.54) is 6.92 Å². The smallest absolute Gasteiger partial charge is 0.302 e. The van der Waals surface area contributed by atoms with E-state index in [1.807, 2.05) is 0 Å². The minimum atomic E-state index is -0.211. The van der Waals surface area contributed by atoms with Crippen LogP contribution in [0.1, 0.15) is 13.8 Å². The van der Waals surface area contributed by atoms with Crippen molar-refractivity contribution in [2.24, 2.45) is 0 Å². The van der Waals surface area contributed by atoms with E-state index in [1.54, 1.807) is 6.92 Å². The van der Waals surface area contributed by atoms with Crippen LogP contribution in [0.3, 0.4) is 0 Å². The van der Waals surface area contributed by atoms with E-state index in [9.17, 15) is 4.79 Å². The maximum atomic E-state index is 9.82. The van der Waals surface area contributed by atoms with E-state index in [0.717, 1.165) is 0 Å². The van der Waals surface area contributed by atoms with Crippen molar-refractivity contribution >= 4 is 5.97 Å². The highest BCUT2D eigenvalue weighted by atomic mass is 16.5. The lowest BCUT2D eigenvalue weighted by molar-refractivity contribution is -0.140. The lowest BCUT2D eigenvalue weighted by Gasteiger charge is -1.89. The molecule has 0 aromatic rings. The van der Waals surface area contributed by atoms with Gasteiger partial charge in [-0.2, -0.15) is 0 Å². The van der Waals surface area contributed by atoms with Crippen molar-refractivity contribution in [2.75, 3.05) is 6.61 Å². The third kappa shape index (κ3) is 10.8. The number of carbonyl (C=O) groups excluding carboxylic acids is 1. The summed E-state index contributed by atoms with van der Waals surface area (Å²) in [5.41, 5.74) is 0. The first-order valence-electron chi connectivity index (χ1n) is 1.90. The molecule has 2 nitrogen and oxygen atoms in total. The molecule has 0 atom stereocenters. The minimum absolute atomic E-state index is 0. The molecule has 0 fully saturated rings. The predicted octanol–water partition coefficient (Wildman–Crippen LogP) is 0.774. The summed E-state index contributed by atoms with van der Waals surface area (Å²) in [6, 6.07) is 0. The number of hydrogen-bond donors (Lipinski definition) is 0. The van der Waals surface area contributed by atoms with Crippen LogP contribution in [0, 0.1) is 7.43 Å². The van der Waals surface area contributed by atoms with E-state index < -0.39 is 0 Å². The molecule has 0 unspecified atom stereocenters. The fourth-order valence-electron chi connectivity index (χ4n) is 0.203. The van der Waals surface area contributed by atoms with Crippen LogP contribution < -0.4 is 0 Å². The second-order valence-corrected chi connectivity index (χ2v) is 0.925. The quantitative estimate of drug-likeness (QED) is 0.456. The standard InChI is InChI=1S/C4H8O2.CH/c1-3-6-4(2)5;/h3H2,1-2H3;1H. The van der Waals surface area contributed by atoms with Crippen molar-refractivity contribution in [1.82, 2.24) is 0 Å². The molecule has 0 bridgehead atoms. The Kier molecular flexibility index (Phi) is 7.57. The molecule has 0 aromatic carbocycles. The normalized spacial score (nSPS) is 6.57. The van der Waals surface area contributed by atoms with Crippen molar-refractivity contribution in [1.29, 1.82) is 0 Å². The molecule has 0 aromatic heterocycles. The van der Waals surface area contributed by atoms with E-state index >= 15 is 0 Å². The molecule has 3 radical (unpaired) electrons. The Balaban J connectivity index is 0. The summed E-state index contributed by atoms with van der Waals surface area (Å²) in [5.74, 6) is -0.211. The largest absolute Gasteiger partial charge is 0.466 e. The second-order valence-electron chi connectivity index (χ2n) is 0.925. The predicted molar refractivity (Wildman–Crippen MR) is 26.6 cm³/mol. The zero-order valence-electron chi connectivity index (χ0n) is 4.60. The van der Waals surface area contributed by atoms with E-state index in [4.69, 9.17) is 0 Å². The van der Waals surface area contributed by atoms with Gasteiger partial charge in [0.25, 0.3) is 0 Å². The van der Waals surface area contributed by atoms with Gasteiger partial charge in [0, 0.05) is 6.92 Å². The van der Waals surface area contributed by atoms with Gasteiger partial charge in [-0.3, -0.25) is 4.79 Å². The Labute approximate surface area is 44.5 Å². The lowest BCUT2D eigenvalue weighted by atomic mass is 10.8. The fourth-order valence-corrected chi connectivity index (χ4v) is 0.203. The molecule has 0 heterocycles. The first-order chi connectivity index (χ1) is 2.77. The van der Waals surface area contributed by atoms with Crippen LogP contribution in [-0.2, 0) is 9.53 Å². The maximum absolute atomic E-state index is 9.82. The number of esters is 1. The number of hydrogen-bond acceptors (Lipinski definition) is 2. The highest BCUT2D eigenvalue weighted by Crippen LogP contribution is 1.69. The first kappa shape index (κ1) is 9.69. The second kappa shape index (κ2) is 5.47. The van der Waals surface area contributed by atoms with E-state index in [2.05, 4.69) is 4.74 Å². The number of rotatable bonds is 1. The topological polar surface area (TPSA) is 26.3 Å².